The molecule has 0 aliphatic carbocycles. The van der Waals surface area contributed by atoms with Crippen LogP contribution in [-0.2, 0) is 10.5 Å². The van der Waals surface area contributed by atoms with E-state index in [0.717, 1.165) is 15.8 Å². The Morgan fingerprint density at radius 2 is 2.29 bits per heavy atom. The minimum atomic E-state index is -0.501. The number of halogens is 1. The average molecular weight is 368 g/mol. The first-order valence-electron chi connectivity index (χ1n) is 6.27. The molecule has 7 heteroatoms. The molecular formula is C14H14BrN3O2S. The number of nitrogens with zero attached hydrogens (tertiary/aromatic N) is 2. The Balaban J connectivity index is 2.05. The Morgan fingerprint density at radius 3 is 2.95 bits per heavy atom. The minimum absolute atomic E-state index is 0.139. The van der Waals surface area contributed by atoms with Crippen LogP contribution in [0.4, 0.5) is 5.82 Å². The predicted molar refractivity (Wildman–Crippen MR) is 86.1 cm³/mol. The molecule has 0 unspecified atom stereocenters. The van der Waals surface area contributed by atoms with Crippen molar-refractivity contribution in [1.82, 2.24) is 9.97 Å². The van der Waals surface area contributed by atoms with E-state index in [1.54, 1.807) is 6.92 Å². The third-order valence-electron chi connectivity index (χ3n) is 2.55. The molecule has 2 aromatic rings. The molecule has 0 amide bonds. The molecule has 2 N–H and O–H groups in total. The van der Waals surface area contributed by atoms with Crippen LogP contribution in [0, 0.1) is 0 Å². The van der Waals surface area contributed by atoms with Crippen molar-refractivity contribution in [2.75, 3.05) is 12.3 Å². The zero-order valence-electron chi connectivity index (χ0n) is 11.4. The number of aromatic nitrogens is 2. The summed E-state index contributed by atoms with van der Waals surface area (Å²) in [5.74, 6) is 0.358. The second-order valence-corrected chi connectivity index (χ2v) is 5.95. The van der Waals surface area contributed by atoms with Gasteiger partial charge in [0.2, 0.25) is 0 Å². The van der Waals surface area contributed by atoms with Crippen LogP contribution in [0.3, 0.4) is 0 Å². The quantitative estimate of drug-likeness (QED) is 0.496. The highest BCUT2D eigenvalue weighted by atomic mass is 79.9. The first kappa shape index (κ1) is 15.8. The van der Waals surface area contributed by atoms with E-state index in [9.17, 15) is 4.79 Å². The van der Waals surface area contributed by atoms with Gasteiger partial charge in [-0.2, -0.15) is 0 Å². The Hall–Kier alpha value is -1.60. The third kappa shape index (κ3) is 4.44. The molecular weight excluding hydrogens is 354 g/mol. The molecule has 0 radical (unpaired) electrons. The normalized spacial score (nSPS) is 10.4. The fourth-order valence-corrected chi connectivity index (χ4v) is 2.80. The van der Waals surface area contributed by atoms with Crippen molar-refractivity contribution < 1.29 is 9.53 Å². The Bertz CT molecular complexity index is 652. The first-order valence-corrected chi connectivity index (χ1v) is 8.05. The average Bonchev–Trinajstić information content (AvgIpc) is 2.45. The largest absolute Gasteiger partial charge is 0.462 e. The molecule has 5 nitrogen and oxygen atoms in total. The fourth-order valence-electron chi connectivity index (χ4n) is 1.59. The van der Waals surface area contributed by atoms with E-state index in [1.807, 2.05) is 24.3 Å². The smallest absolute Gasteiger partial charge is 0.343 e. The van der Waals surface area contributed by atoms with E-state index in [2.05, 4.69) is 25.9 Å². The number of hydrogen-bond acceptors (Lipinski definition) is 6. The maximum Gasteiger partial charge on any atom is 0.343 e. The molecule has 0 atom stereocenters. The van der Waals surface area contributed by atoms with Crippen LogP contribution in [0.2, 0.25) is 0 Å². The topological polar surface area (TPSA) is 78.1 Å². The number of carbonyl (C=O) groups is 1. The Kier molecular flexibility index (Phi) is 5.58. The Morgan fingerprint density at radius 1 is 1.48 bits per heavy atom. The molecule has 0 spiro atoms. The number of hydrogen-bond donors (Lipinski definition) is 1. The maximum atomic E-state index is 11.6. The SMILES string of the molecule is CCOC(=O)c1cnc(SCc2cccc(Br)c2)nc1N. The number of benzene rings is 1. The van der Waals surface area contributed by atoms with Crippen LogP contribution >= 0.6 is 27.7 Å². The molecule has 1 aromatic heterocycles. The molecule has 0 fully saturated rings. The summed E-state index contributed by atoms with van der Waals surface area (Å²) in [7, 11) is 0. The van der Waals surface area contributed by atoms with E-state index >= 15 is 0 Å². The van der Waals surface area contributed by atoms with E-state index in [-0.39, 0.29) is 18.0 Å². The molecule has 0 saturated heterocycles. The van der Waals surface area contributed by atoms with Gasteiger partial charge in [-0.15, -0.1) is 0 Å². The molecule has 0 bridgehead atoms. The van der Waals surface area contributed by atoms with Gasteiger partial charge in [0.15, 0.2) is 5.16 Å². The van der Waals surface area contributed by atoms with Crippen molar-refractivity contribution in [2.24, 2.45) is 0 Å². The highest BCUT2D eigenvalue weighted by Crippen LogP contribution is 2.22. The van der Waals surface area contributed by atoms with Gasteiger partial charge in [-0.3, -0.25) is 0 Å². The molecule has 0 saturated carbocycles. The molecule has 2 rings (SSSR count). The van der Waals surface area contributed by atoms with Crippen molar-refractivity contribution >= 4 is 39.5 Å². The van der Waals surface area contributed by atoms with Crippen LogP contribution < -0.4 is 5.73 Å². The number of esters is 1. The number of rotatable bonds is 5. The van der Waals surface area contributed by atoms with Gasteiger partial charge in [0, 0.05) is 16.4 Å². The lowest BCUT2D eigenvalue weighted by atomic mass is 10.2. The lowest BCUT2D eigenvalue weighted by Gasteiger charge is -2.06. The summed E-state index contributed by atoms with van der Waals surface area (Å²) in [4.78, 5) is 19.9. The third-order valence-corrected chi connectivity index (χ3v) is 3.97. The number of ether oxygens (including phenoxy) is 1. The zero-order valence-corrected chi connectivity index (χ0v) is 13.8. The van der Waals surface area contributed by atoms with Gasteiger partial charge in [-0.25, -0.2) is 14.8 Å². The maximum absolute atomic E-state index is 11.6. The summed E-state index contributed by atoms with van der Waals surface area (Å²) >= 11 is 4.88. The van der Waals surface area contributed by atoms with Crippen LogP contribution in [-0.4, -0.2) is 22.5 Å². The van der Waals surface area contributed by atoms with Gasteiger partial charge in [0.1, 0.15) is 11.4 Å². The highest BCUT2D eigenvalue weighted by molar-refractivity contribution is 9.10. The van der Waals surface area contributed by atoms with Gasteiger partial charge in [-0.1, -0.05) is 39.8 Å². The van der Waals surface area contributed by atoms with Crippen LogP contribution in [0.15, 0.2) is 40.1 Å². The van der Waals surface area contributed by atoms with Crippen LogP contribution in [0.1, 0.15) is 22.8 Å². The summed E-state index contributed by atoms with van der Waals surface area (Å²) < 4.78 is 5.91. The van der Waals surface area contributed by atoms with E-state index in [1.165, 1.54) is 18.0 Å². The standard InChI is InChI=1S/C14H14BrN3O2S/c1-2-20-13(19)11-7-17-14(18-12(11)16)21-8-9-4-3-5-10(15)6-9/h3-7H,2,8H2,1H3,(H2,16,17,18). The summed E-state index contributed by atoms with van der Waals surface area (Å²) in [6.45, 7) is 2.02. The number of nitrogens with two attached hydrogens (primary N) is 1. The summed E-state index contributed by atoms with van der Waals surface area (Å²) in [5, 5.41) is 0.528. The minimum Gasteiger partial charge on any atom is -0.462 e. The van der Waals surface area contributed by atoms with Gasteiger partial charge < -0.3 is 10.5 Å². The van der Waals surface area contributed by atoms with E-state index < -0.39 is 5.97 Å². The van der Waals surface area contributed by atoms with Crippen molar-refractivity contribution in [3.63, 3.8) is 0 Å². The number of nitrogen functional groups attached to an aromatic ring is 1. The van der Waals surface area contributed by atoms with Crippen LogP contribution in [0.5, 0.6) is 0 Å². The van der Waals surface area contributed by atoms with Crippen molar-refractivity contribution in [3.05, 3.63) is 46.1 Å². The van der Waals surface area contributed by atoms with Crippen molar-refractivity contribution in [3.8, 4) is 0 Å². The molecule has 21 heavy (non-hydrogen) atoms. The van der Waals surface area contributed by atoms with E-state index in [4.69, 9.17) is 10.5 Å². The van der Waals surface area contributed by atoms with E-state index in [0.29, 0.717) is 5.16 Å². The van der Waals surface area contributed by atoms with Gasteiger partial charge in [0.25, 0.3) is 0 Å². The fraction of sp³-hybridized carbons (Fsp3) is 0.214. The molecule has 0 aliphatic heterocycles. The van der Waals surface area contributed by atoms with Crippen LogP contribution in [0.25, 0.3) is 0 Å². The van der Waals surface area contributed by atoms with Gasteiger partial charge in [-0.05, 0) is 24.6 Å². The van der Waals surface area contributed by atoms with Gasteiger partial charge in [0.05, 0.1) is 6.61 Å². The zero-order chi connectivity index (χ0) is 15.2. The molecule has 1 aromatic carbocycles. The summed E-state index contributed by atoms with van der Waals surface area (Å²) in [6, 6.07) is 7.99. The first-order chi connectivity index (χ1) is 10.1. The molecule has 0 aliphatic rings. The lowest BCUT2D eigenvalue weighted by molar-refractivity contribution is 0.0526. The number of thioether (sulfide) groups is 1. The van der Waals surface area contributed by atoms with Gasteiger partial charge >= 0.3 is 5.97 Å². The number of carbonyl (C=O) groups excluding carboxylic acids is 1. The second-order valence-electron chi connectivity index (χ2n) is 4.09. The summed E-state index contributed by atoms with van der Waals surface area (Å²) in [6.07, 6.45) is 1.41. The summed E-state index contributed by atoms with van der Waals surface area (Å²) in [5.41, 5.74) is 7.12. The lowest BCUT2D eigenvalue weighted by Crippen LogP contribution is -2.10. The molecule has 1 heterocycles. The predicted octanol–water partition coefficient (Wildman–Crippen LogP) is 3.29. The number of anilines is 1. The highest BCUT2D eigenvalue weighted by Gasteiger charge is 2.13. The molecule has 110 valence electrons. The Labute approximate surface area is 135 Å². The van der Waals surface area contributed by atoms with Crippen molar-refractivity contribution in [1.29, 1.82) is 0 Å². The monoisotopic (exact) mass is 367 g/mol. The second kappa shape index (κ2) is 7.42. The van der Waals surface area contributed by atoms with Crippen molar-refractivity contribution in [2.45, 2.75) is 17.8 Å².